The van der Waals surface area contributed by atoms with E-state index in [1.165, 1.54) is 44.4 Å². The van der Waals surface area contributed by atoms with E-state index in [2.05, 4.69) is 5.32 Å². The minimum Gasteiger partial charge on any atom is -0.493 e. The predicted molar refractivity (Wildman–Crippen MR) is 180 cm³/mol. The number of sulfonamides is 1. The van der Waals surface area contributed by atoms with Crippen LogP contribution in [0.4, 0.5) is 5.69 Å². The zero-order valence-corrected chi connectivity index (χ0v) is 28.2. The minimum atomic E-state index is -4.34. The van der Waals surface area contributed by atoms with Gasteiger partial charge in [-0.05, 0) is 54.4 Å². The maximum atomic E-state index is 14.5. The average Bonchev–Trinajstić information content (AvgIpc) is 3.06. The summed E-state index contributed by atoms with van der Waals surface area (Å²) < 4.78 is 40.2. The molecule has 0 saturated heterocycles. The van der Waals surface area contributed by atoms with Crippen LogP contribution in [0.2, 0.25) is 10.0 Å². The average molecular weight is 685 g/mol. The topological polar surface area (TPSA) is 105 Å². The molecule has 0 fully saturated rings. The molecular formula is C34H35Cl2N3O6S. The van der Waals surface area contributed by atoms with Gasteiger partial charge in [0.25, 0.3) is 10.0 Å². The molecule has 1 atom stereocenters. The van der Waals surface area contributed by atoms with Crippen molar-refractivity contribution < 1.29 is 27.5 Å². The van der Waals surface area contributed by atoms with Crippen LogP contribution in [-0.4, -0.2) is 59.0 Å². The second-order valence-corrected chi connectivity index (χ2v) is 13.1. The van der Waals surface area contributed by atoms with Gasteiger partial charge in [0, 0.05) is 36.1 Å². The Morgan fingerprint density at radius 3 is 2.15 bits per heavy atom. The van der Waals surface area contributed by atoms with E-state index in [1.54, 1.807) is 42.5 Å². The molecule has 4 aromatic rings. The number of hydrogen-bond donors (Lipinski definition) is 1. The third kappa shape index (κ3) is 8.12. The zero-order chi connectivity index (χ0) is 33.4. The summed E-state index contributed by atoms with van der Waals surface area (Å²) in [5, 5.41) is 3.36. The van der Waals surface area contributed by atoms with E-state index in [-0.39, 0.29) is 29.3 Å². The normalized spacial score (nSPS) is 11.8. The number of aryl methyl sites for hydroxylation is 1. The Hall–Kier alpha value is -4.25. The molecular weight excluding hydrogens is 649 g/mol. The lowest BCUT2D eigenvalue weighted by atomic mass is 10.0. The molecule has 0 aliphatic carbocycles. The Labute approximate surface area is 279 Å². The Balaban J connectivity index is 1.82. The molecule has 0 aliphatic rings. The summed E-state index contributed by atoms with van der Waals surface area (Å²) in [6, 6.07) is 24.1. The number of carbonyl (C=O) groups excluding carboxylic acids is 2. The van der Waals surface area contributed by atoms with Crippen LogP contribution < -0.4 is 19.1 Å². The highest BCUT2D eigenvalue weighted by atomic mass is 35.5. The van der Waals surface area contributed by atoms with Crippen LogP contribution in [-0.2, 0) is 32.6 Å². The summed E-state index contributed by atoms with van der Waals surface area (Å²) in [4.78, 5) is 29.1. The Morgan fingerprint density at radius 1 is 0.870 bits per heavy atom. The van der Waals surface area contributed by atoms with Gasteiger partial charge in [0.15, 0.2) is 11.5 Å². The first-order valence-corrected chi connectivity index (χ1v) is 16.5. The highest BCUT2D eigenvalue weighted by Crippen LogP contribution is 2.33. The number of hydrogen-bond acceptors (Lipinski definition) is 6. The van der Waals surface area contributed by atoms with Gasteiger partial charge >= 0.3 is 0 Å². The van der Waals surface area contributed by atoms with Crippen molar-refractivity contribution in [3.8, 4) is 11.5 Å². The van der Waals surface area contributed by atoms with Gasteiger partial charge in [-0.1, -0.05) is 77.3 Å². The number of carbonyl (C=O) groups is 2. The first-order chi connectivity index (χ1) is 22.0. The number of rotatable bonds is 13. The summed E-state index contributed by atoms with van der Waals surface area (Å²) in [5.41, 5.74) is 2.51. The summed E-state index contributed by atoms with van der Waals surface area (Å²) in [5.74, 6) is -0.493. The quantitative estimate of drug-likeness (QED) is 0.188. The number of methoxy groups -OCH3 is 2. The molecule has 12 heteroatoms. The van der Waals surface area contributed by atoms with Gasteiger partial charge in [0.1, 0.15) is 12.6 Å². The highest BCUT2D eigenvalue weighted by Gasteiger charge is 2.35. The third-order valence-electron chi connectivity index (χ3n) is 7.42. The van der Waals surface area contributed by atoms with Gasteiger partial charge in [-0.15, -0.1) is 0 Å². The lowest BCUT2D eigenvalue weighted by Crippen LogP contribution is -2.53. The number of halogens is 2. The molecule has 1 unspecified atom stereocenters. The SMILES string of the molecule is CNC(=O)C(Cc1ccccc1)N(Cc1ccc(Cl)cc1Cl)C(=O)CN(c1ccc(C)cc1)S(=O)(=O)c1ccc(OC)c(OC)c1. The third-order valence-corrected chi connectivity index (χ3v) is 9.77. The van der Waals surface area contributed by atoms with Crippen molar-refractivity contribution in [3.05, 3.63) is 118 Å². The van der Waals surface area contributed by atoms with Crippen LogP contribution in [0.25, 0.3) is 0 Å². The fraction of sp³-hybridized carbons (Fsp3) is 0.235. The number of amides is 2. The number of nitrogens with zero attached hydrogens (tertiary/aromatic N) is 2. The fourth-order valence-corrected chi connectivity index (χ4v) is 6.80. The van der Waals surface area contributed by atoms with Crippen molar-refractivity contribution in [3.63, 3.8) is 0 Å². The second-order valence-electron chi connectivity index (χ2n) is 10.4. The van der Waals surface area contributed by atoms with Crippen molar-refractivity contribution in [2.24, 2.45) is 0 Å². The van der Waals surface area contributed by atoms with Crippen LogP contribution in [0.1, 0.15) is 16.7 Å². The minimum absolute atomic E-state index is 0.0854. The maximum absolute atomic E-state index is 14.5. The largest absolute Gasteiger partial charge is 0.493 e. The number of anilines is 1. The molecule has 0 spiro atoms. The standard InChI is InChI=1S/C34H35Cl2N3O6S/c1-23-10-14-27(15-11-23)39(46(42,43)28-16-17-31(44-3)32(20-28)45-4)22-33(40)38(21-25-12-13-26(35)19-29(25)36)30(34(41)37-2)18-24-8-6-5-7-9-24/h5-17,19-20,30H,18,21-22H2,1-4H3,(H,37,41). The van der Waals surface area contributed by atoms with E-state index in [4.69, 9.17) is 32.7 Å². The molecule has 9 nitrogen and oxygen atoms in total. The number of nitrogens with one attached hydrogen (secondary N) is 1. The first-order valence-electron chi connectivity index (χ1n) is 14.3. The van der Waals surface area contributed by atoms with Crippen molar-refractivity contribution in [1.82, 2.24) is 10.2 Å². The first kappa shape index (κ1) is 34.6. The van der Waals surface area contributed by atoms with E-state index in [0.29, 0.717) is 21.4 Å². The molecule has 0 aliphatic heterocycles. The van der Waals surface area contributed by atoms with Crippen molar-refractivity contribution in [2.75, 3.05) is 32.1 Å². The summed E-state index contributed by atoms with van der Waals surface area (Å²) in [6.07, 6.45) is 0.171. The molecule has 0 saturated carbocycles. The lowest BCUT2D eigenvalue weighted by molar-refractivity contribution is -0.139. The van der Waals surface area contributed by atoms with Gasteiger partial charge < -0.3 is 19.7 Å². The monoisotopic (exact) mass is 683 g/mol. The summed E-state index contributed by atoms with van der Waals surface area (Å²) in [7, 11) is -0.00817. The molecule has 2 amide bonds. The van der Waals surface area contributed by atoms with Crippen molar-refractivity contribution in [2.45, 2.75) is 30.8 Å². The molecule has 0 radical (unpaired) electrons. The molecule has 46 heavy (non-hydrogen) atoms. The summed E-state index contributed by atoms with van der Waals surface area (Å²) >= 11 is 12.7. The van der Waals surface area contributed by atoms with E-state index >= 15 is 0 Å². The van der Waals surface area contributed by atoms with Gasteiger partial charge in [0.2, 0.25) is 11.8 Å². The Morgan fingerprint density at radius 2 is 1.54 bits per heavy atom. The van der Waals surface area contributed by atoms with Crippen LogP contribution >= 0.6 is 23.2 Å². The molecule has 0 heterocycles. The van der Waals surface area contributed by atoms with E-state index in [9.17, 15) is 18.0 Å². The lowest BCUT2D eigenvalue weighted by Gasteiger charge is -2.34. The smallest absolute Gasteiger partial charge is 0.264 e. The van der Waals surface area contributed by atoms with E-state index in [0.717, 1.165) is 15.4 Å². The highest BCUT2D eigenvalue weighted by molar-refractivity contribution is 7.92. The van der Waals surface area contributed by atoms with Crippen molar-refractivity contribution >= 4 is 50.7 Å². The van der Waals surface area contributed by atoms with Crippen molar-refractivity contribution in [1.29, 1.82) is 0 Å². The number of benzene rings is 4. The number of ether oxygens (including phenoxy) is 2. The molecule has 4 aromatic carbocycles. The molecule has 242 valence electrons. The van der Waals surface area contributed by atoms with Crippen LogP contribution in [0, 0.1) is 6.92 Å². The molecule has 4 rings (SSSR count). The zero-order valence-electron chi connectivity index (χ0n) is 25.9. The fourth-order valence-electron chi connectivity index (χ4n) is 4.90. The van der Waals surface area contributed by atoms with Gasteiger partial charge in [0.05, 0.1) is 24.8 Å². The second kappa shape index (κ2) is 15.4. The Bertz CT molecular complexity index is 1790. The molecule has 0 bridgehead atoms. The Kier molecular flexibility index (Phi) is 11.6. The molecule has 1 N–H and O–H groups in total. The van der Waals surface area contributed by atoms with Crippen LogP contribution in [0.3, 0.4) is 0 Å². The maximum Gasteiger partial charge on any atom is 0.264 e. The summed E-state index contributed by atoms with van der Waals surface area (Å²) in [6.45, 7) is 1.17. The predicted octanol–water partition coefficient (Wildman–Crippen LogP) is 5.90. The van der Waals surface area contributed by atoms with E-state index in [1.807, 2.05) is 37.3 Å². The molecule has 0 aromatic heterocycles. The van der Waals surface area contributed by atoms with Gasteiger partial charge in [-0.2, -0.15) is 0 Å². The van der Waals surface area contributed by atoms with Crippen LogP contribution in [0.15, 0.2) is 95.9 Å². The number of likely N-dealkylation sites (N-methyl/N-ethyl adjacent to an activating group) is 1. The van der Waals surface area contributed by atoms with Gasteiger partial charge in [-0.3, -0.25) is 13.9 Å². The van der Waals surface area contributed by atoms with E-state index < -0.39 is 34.4 Å². The van der Waals surface area contributed by atoms with Crippen LogP contribution in [0.5, 0.6) is 11.5 Å². The van der Waals surface area contributed by atoms with Gasteiger partial charge in [-0.25, -0.2) is 8.42 Å².